The van der Waals surface area contributed by atoms with E-state index < -0.39 is 42.2 Å². The van der Waals surface area contributed by atoms with Gasteiger partial charge in [0.25, 0.3) is 0 Å². The number of hydrogen-bond acceptors (Lipinski definition) is 6. The number of carbonyl (C=O) groups excluding carboxylic acids is 1. The number of ether oxygens (including phenoxy) is 1. The first kappa shape index (κ1) is 29.6. The number of carboxylic acids is 2. The summed E-state index contributed by atoms with van der Waals surface area (Å²) in [6.45, 7) is 5.47. The van der Waals surface area contributed by atoms with Gasteiger partial charge in [-0.15, -0.1) is 0 Å². The molecule has 3 atom stereocenters. The summed E-state index contributed by atoms with van der Waals surface area (Å²) in [5, 5.41) is 29.0. The van der Waals surface area contributed by atoms with Crippen molar-refractivity contribution in [2.24, 2.45) is 5.73 Å². The first-order chi connectivity index (χ1) is 16.4. The molecule has 1 amide bonds. The Bertz CT molecular complexity index is 902. The molecule has 0 spiro atoms. The van der Waals surface area contributed by atoms with Gasteiger partial charge in [-0.1, -0.05) is 60.7 Å². The van der Waals surface area contributed by atoms with Crippen LogP contribution in [0.2, 0.25) is 0 Å². The monoisotopic (exact) mass is 488 g/mol. The van der Waals surface area contributed by atoms with E-state index in [2.05, 4.69) is 5.32 Å². The lowest BCUT2D eigenvalue weighted by atomic mass is 9.94. The third kappa shape index (κ3) is 14.4. The van der Waals surface area contributed by atoms with E-state index in [-0.39, 0.29) is 6.04 Å². The van der Waals surface area contributed by atoms with Gasteiger partial charge in [0, 0.05) is 12.1 Å². The number of rotatable bonds is 10. The Morgan fingerprint density at radius 3 is 1.74 bits per heavy atom. The van der Waals surface area contributed by atoms with Crippen LogP contribution >= 0.6 is 0 Å². The number of alkyl carbamates (subject to hydrolysis) is 1. The van der Waals surface area contributed by atoms with Crippen molar-refractivity contribution in [3.63, 3.8) is 0 Å². The molecule has 0 fully saturated rings. The SMILES string of the molecule is CC(C)(C)OC(=O)N[C@@H](Cc1ccccc1)C[C@H](O)[C@@H](N)Cc1ccccc1.O=C(O)CC(=O)O. The fourth-order valence-corrected chi connectivity index (χ4v) is 3.18. The maximum atomic E-state index is 12.3. The highest BCUT2D eigenvalue weighted by Gasteiger charge is 2.24. The molecule has 35 heavy (non-hydrogen) atoms. The number of aliphatic hydroxyl groups excluding tert-OH is 1. The molecule has 0 aromatic heterocycles. The molecule has 0 bridgehead atoms. The van der Waals surface area contributed by atoms with Gasteiger partial charge in [-0.05, 0) is 51.2 Å². The molecule has 0 saturated carbocycles. The molecule has 0 aliphatic carbocycles. The van der Waals surface area contributed by atoms with Crippen molar-refractivity contribution >= 4 is 18.0 Å². The summed E-state index contributed by atoms with van der Waals surface area (Å²) in [6.07, 6.45) is -0.523. The van der Waals surface area contributed by atoms with Gasteiger partial charge in [0.05, 0.1) is 6.10 Å². The molecule has 6 N–H and O–H groups in total. The Morgan fingerprint density at radius 2 is 1.34 bits per heavy atom. The topological polar surface area (TPSA) is 159 Å². The van der Waals surface area contributed by atoms with Crippen LogP contribution in [0.5, 0.6) is 0 Å². The second-order valence-electron chi connectivity index (χ2n) is 9.15. The number of carbonyl (C=O) groups is 3. The van der Waals surface area contributed by atoms with Crippen LogP contribution in [0, 0.1) is 0 Å². The molecule has 192 valence electrons. The van der Waals surface area contributed by atoms with Gasteiger partial charge >= 0.3 is 18.0 Å². The Balaban J connectivity index is 0.000000762. The van der Waals surface area contributed by atoms with Crippen molar-refractivity contribution in [1.29, 1.82) is 0 Å². The number of carboxylic acid groups (broad SMARTS) is 2. The predicted octanol–water partition coefficient (Wildman–Crippen LogP) is 2.99. The number of aliphatic hydroxyl groups is 1. The van der Waals surface area contributed by atoms with Crippen LogP contribution in [-0.2, 0) is 27.2 Å². The third-order valence-corrected chi connectivity index (χ3v) is 4.68. The number of nitrogens with one attached hydrogen (secondary N) is 1. The minimum absolute atomic E-state index is 0.283. The average Bonchev–Trinajstić information content (AvgIpc) is 2.73. The maximum absolute atomic E-state index is 12.3. The zero-order valence-electron chi connectivity index (χ0n) is 20.4. The lowest BCUT2D eigenvalue weighted by molar-refractivity contribution is -0.147. The molecule has 9 nitrogen and oxygen atoms in total. The molecule has 0 aliphatic heterocycles. The second kappa shape index (κ2) is 14.7. The van der Waals surface area contributed by atoms with E-state index in [1.807, 2.05) is 81.4 Å². The fraction of sp³-hybridized carbons (Fsp3) is 0.423. The summed E-state index contributed by atoms with van der Waals surface area (Å²) >= 11 is 0. The van der Waals surface area contributed by atoms with E-state index >= 15 is 0 Å². The lowest BCUT2D eigenvalue weighted by Gasteiger charge is -2.27. The summed E-state index contributed by atoms with van der Waals surface area (Å²) in [5.74, 6) is -2.62. The summed E-state index contributed by atoms with van der Waals surface area (Å²) < 4.78 is 5.38. The van der Waals surface area contributed by atoms with Gasteiger partial charge in [-0.25, -0.2) is 4.79 Å². The molecule has 0 heterocycles. The first-order valence-corrected chi connectivity index (χ1v) is 11.3. The highest BCUT2D eigenvalue weighted by molar-refractivity contribution is 5.88. The zero-order chi connectivity index (χ0) is 26.4. The van der Waals surface area contributed by atoms with Gasteiger partial charge in [0.1, 0.15) is 12.0 Å². The molecule has 2 aromatic rings. The summed E-state index contributed by atoms with van der Waals surface area (Å²) in [4.78, 5) is 31.1. The van der Waals surface area contributed by atoms with Crippen LogP contribution < -0.4 is 11.1 Å². The molecule has 0 unspecified atom stereocenters. The van der Waals surface area contributed by atoms with E-state index in [0.717, 1.165) is 11.1 Å². The minimum Gasteiger partial charge on any atom is -0.481 e. The smallest absolute Gasteiger partial charge is 0.407 e. The summed E-state index contributed by atoms with van der Waals surface area (Å²) in [7, 11) is 0. The van der Waals surface area contributed by atoms with Crippen LogP contribution in [0.25, 0.3) is 0 Å². The fourth-order valence-electron chi connectivity index (χ4n) is 3.18. The highest BCUT2D eigenvalue weighted by Crippen LogP contribution is 2.14. The van der Waals surface area contributed by atoms with E-state index in [0.29, 0.717) is 19.3 Å². The maximum Gasteiger partial charge on any atom is 0.407 e. The van der Waals surface area contributed by atoms with Gasteiger partial charge < -0.3 is 31.1 Å². The van der Waals surface area contributed by atoms with Gasteiger partial charge in [0.2, 0.25) is 0 Å². The quantitative estimate of drug-likeness (QED) is 0.319. The predicted molar refractivity (Wildman–Crippen MR) is 132 cm³/mol. The van der Waals surface area contributed by atoms with Crippen molar-refractivity contribution in [2.45, 2.75) is 70.2 Å². The Morgan fingerprint density at radius 1 is 0.886 bits per heavy atom. The average molecular weight is 489 g/mol. The van der Waals surface area contributed by atoms with Crippen LogP contribution in [0.4, 0.5) is 4.79 Å². The Hall–Kier alpha value is -3.43. The van der Waals surface area contributed by atoms with Crippen LogP contribution in [-0.4, -0.2) is 57.1 Å². The largest absolute Gasteiger partial charge is 0.481 e. The van der Waals surface area contributed by atoms with Gasteiger partial charge in [0.15, 0.2) is 0 Å². The first-order valence-electron chi connectivity index (χ1n) is 11.3. The molecular weight excluding hydrogens is 452 g/mol. The second-order valence-corrected chi connectivity index (χ2v) is 9.15. The van der Waals surface area contributed by atoms with Gasteiger partial charge in [-0.2, -0.15) is 0 Å². The van der Waals surface area contributed by atoms with Crippen LogP contribution in [0.3, 0.4) is 0 Å². The van der Waals surface area contributed by atoms with Crippen molar-refractivity contribution < 1.29 is 34.4 Å². The number of hydrogen-bond donors (Lipinski definition) is 5. The normalized spacial score (nSPS) is 13.4. The van der Waals surface area contributed by atoms with Crippen molar-refractivity contribution in [1.82, 2.24) is 5.32 Å². The number of aliphatic carboxylic acids is 2. The Kier molecular flexibility index (Phi) is 12.5. The van der Waals surface area contributed by atoms with E-state index in [9.17, 15) is 19.5 Å². The van der Waals surface area contributed by atoms with Crippen LogP contribution in [0.15, 0.2) is 60.7 Å². The highest BCUT2D eigenvalue weighted by atomic mass is 16.6. The van der Waals surface area contributed by atoms with E-state index in [4.69, 9.17) is 20.7 Å². The zero-order valence-corrected chi connectivity index (χ0v) is 20.4. The van der Waals surface area contributed by atoms with Crippen molar-refractivity contribution in [3.05, 3.63) is 71.8 Å². The molecular formula is C26H36N2O7. The minimum atomic E-state index is -1.31. The third-order valence-electron chi connectivity index (χ3n) is 4.68. The lowest BCUT2D eigenvalue weighted by Crippen LogP contribution is -2.46. The van der Waals surface area contributed by atoms with Crippen LogP contribution in [0.1, 0.15) is 44.7 Å². The molecule has 0 radical (unpaired) electrons. The number of amides is 1. The number of nitrogens with two attached hydrogens (primary N) is 1. The van der Waals surface area contributed by atoms with Gasteiger partial charge in [-0.3, -0.25) is 9.59 Å². The standard InChI is InChI=1S/C23H32N2O3.C3H4O4/c1-23(2,3)28-22(27)25-19(14-17-10-6-4-7-11-17)16-21(26)20(24)15-18-12-8-5-9-13-18;4-2(5)1-3(6)7/h4-13,19-21,26H,14-16,24H2,1-3H3,(H,25,27);1H2,(H,4,5)(H,6,7)/t19-,20-,21-;/m0./s1. The Labute approximate surface area is 205 Å². The molecule has 2 rings (SSSR count). The summed E-state index contributed by atoms with van der Waals surface area (Å²) in [6, 6.07) is 19.0. The van der Waals surface area contributed by atoms with E-state index in [1.54, 1.807) is 0 Å². The summed E-state index contributed by atoms with van der Waals surface area (Å²) in [5.41, 5.74) is 7.80. The number of benzene rings is 2. The van der Waals surface area contributed by atoms with Crippen molar-refractivity contribution in [3.8, 4) is 0 Å². The molecule has 0 aliphatic rings. The van der Waals surface area contributed by atoms with Crippen molar-refractivity contribution in [2.75, 3.05) is 0 Å². The molecule has 2 aromatic carbocycles. The molecule has 0 saturated heterocycles. The molecule has 9 heteroatoms. The van der Waals surface area contributed by atoms with E-state index in [1.165, 1.54) is 0 Å².